The Hall–Kier alpha value is -2.07. The molecule has 1 aromatic carbocycles. The van der Waals surface area contributed by atoms with Crippen molar-refractivity contribution in [2.24, 2.45) is 0 Å². The van der Waals surface area contributed by atoms with Crippen LogP contribution in [-0.2, 0) is 4.74 Å². The van der Waals surface area contributed by atoms with Gasteiger partial charge in [0.1, 0.15) is 5.56 Å². The van der Waals surface area contributed by atoms with Crippen molar-refractivity contribution in [3.63, 3.8) is 0 Å². The Balaban J connectivity index is 2.38. The van der Waals surface area contributed by atoms with E-state index in [9.17, 15) is 9.59 Å². The number of esters is 1. The summed E-state index contributed by atoms with van der Waals surface area (Å²) in [6.07, 6.45) is 5.28. The highest BCUT2D eigenvalue weighted by molar-refractivity contribution is 6.33. The van der Waals surface area contributed by atoms with Crippen LogP contribution < -0.4 is 5.43 Å². The van der Waals surface area contributed by atoms with Gasteiger partial charge in [0.25, 0.3) is 0 Å². The normalized spacial score (nSPS) is 14.1. The molecule has 1 aliphatic carbocycles. The molecule has 0 spiro atoms. The summed E-state index contributed by atoms with van der Waals surface area (Å²) in [7, 11) is 0. The SMILES string of the molecule is C=Cc1c(Cl)ccc2c(=O)c(C(=O)OCC)cn(C3CC3)c12. The van der Waals surface area contributed by atoms with Gasteiger partial charge in [-0.25, -0.2) is 4.79 Å². The third kappa shape index (κ3) is 2.33. The highest BCUT2D eigenvalue weighted by Crippen LogP contribution is 2.39. The van der Waals surface area contributed by atoms with Crippen LogP contribution in [0, 0.1) is 0 Å². The predicted octanol–water partition coefficient (Wildman–Crippen LogP) is 3.81. The summed E-state index contributed by atoms with van der Waals surface area (Å²) in [5.74, 6) is -0.584. The van der Waals surface area contributed by atoms with E-state index in [2.05, 4.69) is 6.58 Å². The van der Waals surface area contributed by atoms with Crippen molar-refractivity contribution in [3.05, 3.63) is 51.3 Å². The number of hydrogen-bond acceptors (Lipinski definition) is 3. The summed E-state index contributed by atoms with van der Waals surface area (Å²) in [5.41, 5.74) is 1.20. The molecule has 4 nitrogen and oxygen atoms in total. The zero-order chi connectivity index (χ0) is 15.9. The molecule has 22 heavy (non-hydrogen) atoms. The number of ether oxygens (including phenoxy) is 1. The molecule has 0 radical (unpaired) electrons. The van der Waals surface area contributed by atoms with Crippen LogP contribution in [0.15, 0.2) is 29.7 Å². The number of pyridine rings is 1. The van der Waals surface area contributed by atoms with Crippen molar-refractivity contribution in [2.75, 3.05) is 6.61 Å². The largest absolute Gasteiger partial charge is 0.462 e. The second-order valence-electron chi connectivity index (χ2n) is 5.29. The van der Waals surface area contributed by atoms with E-state index >= 15 is 0 Å². The Bertz CT molecular complexity index is 834. The average molecular weight is 318 g/mol. The van der Waals surface area contributed by atoms with Gasteiger partial charge < -0.3 is 9.30 Å². The maximum atomic E-state index is 12.6. The molecule has 0 bridgehead atoms. The zero-order valence-corrected chi connectivity index (χ0v) is 13.0. The van der Waals surface area contributed by atoms with Gasteiger partial charge in [0.05, 0.1) is 12.1 Å². The van der Waals surface area contributed by atoms with E-state index in [4.69, 9.17) is 16.3 Å². The molecule has 0 saturated heterocycles. The zero-order valence-electron chi connectivity index (χ0n) is 12.3. The summed E-state index contributed by atoms with van der Waals surface area (Å²) in [4.78, 5) is 24.7. The second-order valence-corrected chi connectivity index (χ2v) is 5.70. The van der Waals surface area contributed by atoms with Gasteiger partial charge in [-0.05, 0) is 31.9 Å². The molecule has 0 amide bonds. The number of nitrogens with zero attached hydrogens (tertiary/aromatic N) is 1. The van der Waals surface area contributed by atoms with Crippen LogP contribution >= 0.6 is 11.6 Å². The summed E-state index contributed by atoms with van der Waals surface area (Å²) in [6, 6.07) is 3.61. The van der Waals surface area contributed by atoms with E-state index < -0.39 is 5.97 Å². The lowest BCUT2D eigenvalue weighted by atomic mass is 10.1. The third-order valence-electron chi connectivity index (χ3n) is 3.82. The topological polar surface area (TPSA) is 48.3 Å². The molecule has 1 aliphatic rings. The molecule has 5 heteroatoms. The van der Waals surface area contributed by atoms with Crippen molar-refractivity contribution in [3.8, 4) is 0 Å². The third-order valence-corrected chi connectivity index (χ3v) is 4.15. The molecule has 1 fully saturated rings. The molecule has 0 unspecified atom stereocenters. The second kappa shape index (κ2) is 5.61. The van der Waals surface area contributed by atoms with Crippen LogP contribution in [0.25, 0.3) is 17.0 Å². The molecule has 1 heterocycles. The number of fused-ring (bicyclic) bond motifs is 1. The fraction of sp³-hybridized carbons (Fsp3) is 0.294. The molecule has 1 saturated carbocycles. The number of hydrogen-bond donors (Lipinski definition) is 0. The lowest BCUT2D eigenvalue weighted by Crippen LogP contribution is -2.21. The van der Waals surface area contributed by atoms with Crippen molar-refractivity contribution in [1.29, 1.82) is 0 Å². The molecule has 0 atom stereocenters. The summed E-state index contributed by atoms with van der Waals surface area (Å²) < 4.78 is 6.96. The monoisotopic (exact) mass is 317 g/mol. The van der Waals surface area contributed by atoms with Crippen LogP contribution in [0.5, 0.6) is 0 Å². The Morgan fingerprint density at radius 3 is 2.82 bits per heavy atom. The van der Waals surface area contributed by atoms with Crippen LogP contribution in [0.4, 0.5) is 0 Å². The van der Waals surface area contributed by atoms with E-state index in [0.29, 0.717) is 10.4 Å². The number of carbonyl (C=O) groups is 1. The molecule has 0 aliphatic heterocycles. The van der Waals surface area contributed by atoms with Crippen LogP contribution in [0.2, 0.25) is 5.02 Å². The first-order valence-corrected chi connectivity index (χ1v) is 7.63. The van der Waals surface area contributed by atoms with Crippen LogP contribution in [-0.4, -0.2) is 17.1 Å². The van der Waals surface area contributed by atoms with Gasteiger partial charge in [0.2, 0.25) is 5.43 Å². The lowest BCUT2D eigenvalue weighted by Gasteiger charge is -2.15. The van der Waals surface area contributed by atoms with E-state index in [1.807, 2.05) is 4.57 Å². The fourth-order valence-electron chi connectivity index (χ4n) is 2.64. The minimum atomic E-state index is -0.584. The van der Waals surface area contributed by atoms with Gasteiger partial charge >= 0.3 is 5.97 Å². The smallest absolute Gasteiger partial charge is 0.343 e. The van der Waals surface area contributed by atoms with Crippen molar-refractivity contribution < 1.29 is 9.53 Å². The predicted molar refractivity (Wildman–Crippen MR) is 87.5 cm³/mol. The number of benzene rings is 1. The molecule has 3 rings (SSSR count). The van der Waals surface area contributed by atoms with Crippen molar-refractivity contribution in [2.45, 2.75) is 25.8 Å². The Morgan fingerprint density at radius 1 is 1.50 bits per heavy atom. The molecule has 0 N–H and O–H groups in total. The summed E-state index contributed by atoms with van der Waals surface area (Å²) in [5, 5.41) is 1.01. The lowest BCUT2D eigenvalue weighted by molar-refractivity contribution is 0.0524. The minimum Gasteiger partial charge on any atom is -0.462 e. The Labute approximate surface area is 133 Å². The van der Waals surface area contributed by atoms with E-state index in [1.165, 1.54) is 0 Å². The number of halogens is 1. The van der Waals surface area contributed by atoms with Crippen molar-refractivity contribution >= 4 is 34.5 Å². The van der Waals surface area contributed by atoms with E-state index in [0.717, 1.165) is 23.9 Å². The van der Waals surface area contributed by atoms with Gasteiger partial charge in [0, 0.05) is 28.2 Å². The summed E-state index contributed by atoms with van der Waals surface area (Å²) >= 11 is 6.23. The van der Waals surface area contributed by atoms with Gasteiger partial charge in [-0.15, -0.1) is 0 Å². The van der Waals surface area contributed by atoms with Gasteiger partial charge in [-0.1, -0.05) is 24.3 Å². The molecular formula is C17H16ClNO3. The fourth-order valence-corrected chi connectivity index (χ4v) is 2.87. The first-order valence-electron chi connectivity index (χ1n) is 7.25. The van der Waals surface area contributed by atoms with Crippen LogP contribution in [0.1, 0.15) is 41.7 Å². The molecule has 2 aromatic rings. The van der Waals surface area contributed by atoms with E-state index in [-0.39, 0.29) is 23.6 Å². The quantitative estimate of drug-likeness (QED) is 0.806. The number of carbonyl (C=O) groups excluding carboxylic acids is 1. The van der Waals surface area contributed by atoms with Gasteiger partial charge in [0.15, 0.2) is 0 Å². The van der Waals surface area contributed by atoms with Gasteiger partial charge in [-0.3, -0.25) is 4.79 Å². The first-order chi connectivity index (χ1) is 10.6. The average Bonchev–Trinajstić information content (AvgIpc) is 3.32. The maximum Gasteiger partial charge on any atom is 0.343 e. The maximum absolute atomic E-state index is 12.6. The first kappa shape index (κ1) is 14.9. The summed E-state index contributed by atoms with van der Waals surface area (Å²) in [6.45, 7) is 5.74. The molecule has 1 aromatic heterocycles. The Kier molecular flexibility index (Phi) is 3.79. The number of rotatable bonds is 4. The standard InChI is InChI=1S/C17H16ClNO3/c1-3-11-14(18)8-7-12-15(11)19(10-5-6-10)9-13(16(12)20)17(21)22-4-2/h3,7-10H,1,4-6H2,2H3. The van der Waals surface area contributed by atoms with Gasteiger partial charge in [-0.2, -0.15) is 0 Å². The Morgan fingerprint density at radius 2 is 2.23 bits per heavy atom. The molecule has 114 valence electrons. The molecular weight excluding hydrogens is 302 g/mol. The minimum absolute atomic E-state index is 0.0681. The van der Waals surface area contributed by atoms with E-state index in [1.54, 1.807) is 31.3 Å². The highest BCUT2D eigenvalue weighted by atomic mass is 35.5. The van der Waals surface area contributed by atoms with Crippen molar-refractivity contribution in [1.82, 2.24) is 4.57 Å². The number of aromatic nitrogens is 1. The highest BCUT2D eigenvalue weighted by Gasteiger charge is 2.28. The van der Waals surface area contributed by atoms with Crippen LogP contribution in [0.3, 0.4) is 0 Å².